The van der Waals surface area contributed by atoms with Crippen LogP contribution in [0.25, 0.3) is 0 Å². The number of nitrogens with one attached hydrogen (secondary N) is 1. The van der Waals surface area contributed by atoms with Crippen LogP contribution in [0.1, 0.15) is 51.4 Å². The van der Waals surface area contributed by atoms with Gasteiger partial charge < -0.3 is 15.0 Å². The Bertz CT molecular complexity index is 577. The number of rotatable bonds is 3. The van der Waals surface area contributed by atoms with E-state index in [0.29, 0.717) is 12.5 Å². The molecule has 1 spiro atoms. The summed E-state index contributed by atoms with van der Waals surface area (Å²) in [4.78, 5) is 15.5. The molecule has 1 amide bonds. The Morgan fingerprint density at radius 3 is 2.52 bits per heavy atom. The minimum Gasteiger partial charge on any atom is -0.373 e. The molecule has 1 N–H and O–H groups in total. The molecule has 1 aromatic rings. The molecular weight excluding hydrogens is 312 g/mol. The lowest BCUT2D eigenvalue weighted by Crippen LogP contribution is -2.46. The van der Waals surface area contributed by atoms with Gasteiger partial charge in [0.25, 0.3) is 0 Å². The fourth-order valence-electron chi connectivity index (χ4n) is 4.87. The predicted molar refractivity (Wildman–Crippen MR) is 99.7 cm³/mol. The number of ether oxygens (including phenoxy) is 1. The lowest BCUT2D eigenvalue weighted by molar-refractivity contribution is -0.123. The lowest BCUT2D eigenvalue weighted by Gasteiger charge is -2.35. The summed E-state index contributed by atoms with van der Waals surface area (Å²) < 4.78 is 6.30. The molecule has 25 heavy (non-hydrogen) atoms. The Morgan fingerprint density at radius 2 is 1.80 bits per heavy atom. The van der Waals surface area contributed by atoms with Crippen LogP contribution in [0.4, 0.5) is 5.69 Å². The first-order chi connectivity index (χ1) is 12.3. The maximum absolute atomic E-state index is 13.4. The van der Waals surface area contributed by atoms with Crippen molar-refractivity contribution in [2.75, 3.05) is 24.6 Å². The number of piperidine rings is 1. The number of anilines is 1. The van der Waals surface area contributed by atoms with Crippen LogP contribution < -0.4 is 10.2 Å². The summed E-state index contributed by atoms with van der Waals surface area (Å²) in [7, 11) is 0. The maximum Gasteiger partial charge on any atom is 0.230 e. The zero-order chi connectivity index (χ0) is 17.1. The number of para-hydroxylation sites is 1. The van der Waals surface area contributed by atoms with Gasteiger partial charge in [-0.1, -0.05) is 37.5 Å². The third-order valence-corrected chi connectivity index (χ3v) is 6.30. The van der Waals surface area contributed by atoms with Crippen molar-refractivity contribution in [2.24, 2.45) is 5.92 Å². The third kappa shape index (κ3) is 3.61. The average Bonchev–Trinajstić information content (AvgIpc) is 3.07. The molecule has 0 aromatic heterocycles. The standard InChI is InChI=1S/C21H30N2O2/c24-20(17-7-3-1-4-8-17)23(18-9-5-2-6-10-18)19-15-21(25-16-19)11-13-22-14-12-21/h2,5-6,9-10,17,19,22H,1,3-4,7-8,11-16H2. The first kappa shape index (κ1) is 17.0. The van der Waals surface area contributed by atoms with E-state index in [0.717, 1.165) is 50.9 Å². The summed E-state index contributed by atoms with van der Waals surface area (Å²) >= 11 is 0. The van der Waals surface area contributed by atoms with Gasteiger partial charge in [0.1, 0.15) is 0 Å². The van der Waals surface area contributed by atoms with Crippen molar-refractivity contribution in [2.45, 2.75) is 63.0 Å². The Balaban J connectivity index is 1.56. The van der Waals surface area contributed by atoms with Crippen LogP contribution in [0.5, 0.6) is 0 Å². The Morgan fingerprint density at radius 1 is 1.08 bits per heavy atom. The molecule has 2 heterocycles. The van der Waals surface area contributed by atoms with E-state index in [4.69, 9.17) is 4.74 Å². The van der Waals surface area contributed by atoms with Crippen LogP contribution in [-0.2, 0) is 9.53 Å². The second kappa shape index (κ2) is 7.46. The highest BCUT2D eigenvalue weighted by Gasteiger charge is 2.45. The molecule has 136 valence electrons. The molecule has 4 rings (SSSR count). The average molecular weight is 342 g/mol. The summed E-state index contributed by atoms with van der Waals surface area (Å²) in [6.45, 7) is 2.72. The number of carbonyl (C=O) groups excluding carboxylic acids is 1. The molecule has 0 bridgehead atoms. The minimum absolute atomic E-state index is 0.0181. The fourth-order valence-corrected chi connectivity index (χ4v) is 4.87. The molecule has 4 heteroatoms. The maximum atomic E-state index is 13.4. The summed E-state index contributed by atoms with van der Waals surface area (Å²) in [5.41, 5.74) is 1.02. The van der Waals surface area contributed by atoms with E-state index in [-0.39, 0.29) is 17.6 Å². The van der Waals surface area contributed by atoms with E-state index >= 15 is 0 Å². The predicted octanol–water partition coefficient (Wildman–Crippen LogP) is 3.51. The summed E-state index contributed by atoms with van der Waals surface area (Å²) in [5, 5.41) is 3.43. The lowest BCUT2D eigenvalue weighted by atomic mass is 9.85. The molecule has 1 atom stereocenters. The molecule has 4 nitrogen and oxygen atoms in total. The molecule has 1 unspecified atom stereocenters. The highest BCUT2D eigenvalue weighted by Crippen LogP contribution is 2.38. The molecular formula is C21H30N2O2. The smallest absolute Gasteiger partial charge is 0.230 e. The van der Waals surface area contributed by atoms with Crippen molar-refractivity contribution in [1.82, 2.24) is 5.32 Å². The Labute approximate surface area is 150 Å². The Hall–Kier alpha value is -1.39. The second-order valence-electron chi connectivity index (χ2n) is 7.98. The van der Waals surface area contributed by atoms with Crippen molar-refractivity contribution < 1.29 is 9.53 Å². The topological polar surface area (TPSA) is 41.6 Å². The van der Waals surface area contributed by atoms with Crippen LogP contribution in [0, 0.1) is 5.92 Å². The molecule has 2 saturated heterocycles. The highest BCUT2D eigenvalue weighted by atomic mass is 16.5. The number of benzene rings is 1. The molecule has 1 aliphatic carbocycles. The highest BCUT2D eigenvalue weighted by molar-refractivity contribution is 5.95. The second-order valence-corrected chi connectivity index (χ2v) is 7.98. The van der Waals surface area contributed by atoms with E-state index in [9.17, 15) is 4.79 Å². The van der Waals surface area contributed by atoms with E-state index in [1.807, 2.05) is 18.2 Å². The van der Waals surface area contributed by atoms with E-state index in [2.05, 4.69) is 22.3 Å². The van der Waals surface area contributed by atoms with Crippen molar-refractivity contribution >= 4 is 11.6 Å². The van der Waals surface area contributed by atoms with Gasteiger partial charge in [-0.3, -0.25) is 4.79 Å². The number of nitrogens with zero attached hydrogens (tertiary/aromatic N) is 1. The van der Waals surface area contributed by atoms with Crippen LogP contribution >= 0.6 is 0 Å². The van der Waals surface area contributed by atoms with E-state index in [1.165, 1.54) is 19.3 Å². The van der Waals surface area contributed by atoms with Crippen molar-refractivity contribution in [3.8, 4) is 0 Å². The van der Waals surface area contributed by atoms with Gasteiger partial charge in [-0.25, -0.2) is 0 Å². The first-order valence-corrected chi connectivity index (χ1v) is 10.0. The number of carbonyl (C=O) groups is 1. The summed E-state index contributed by atoms with van der Waals surface area (Å²) in [5.74, 6) is 0.518. The van der Waals surface area contributed by atoms with Gasteiger partial charge in [-0.15, -0.1) is 0 Å². The molecule has 1 aromatic carbocycles. The number of hydrogen-bond donors (Lipinski definition) is 1. The van der Waals surface area contributed by atoms with Gasteiger partial charge in [-0.2, -0.15) is 0 Å². The normalized spacial score (nSPS) is 26.6. The van der Waals surface area contributed by atoms with Crippen LogP contribution in [-0.4, -0.2) is 37.2 Å². The van der Waals surface area contributed by atoms with Crippen molar-refractivity contribution in [1.29, 1.82) is 0 Å². The van der Waals surface area contributed by atoms with Crippen LogP contribution in [0.15, 0.2) is 30.3 Å². The molecule has 3 aliphatic rings. The fraction of sp³-hybridized carbons (Fsp3) is 0.667. The summed E-state index contributed by atoms with van der Waals surface area (Å²) in [6, 6.07) is 10.4. The third-order valence-electron chi connectivity index (χ3n) is 6.30. The van der Waals surface area contributed by atoms with Gasteiger partial charge in [0.15, 0.2) is 0 Å². The molecule has 0 radical (unpaired) electrons. The zero-order valence-corrected chi connectivity index (χ0v) is 15.1. The van der Waals surface area contributed by atoms with E-state index in [1.54, 1.807) is 0 Å². The van der Waals surface area contributed by atoms with Gasteiger partial charge in [0, 0.05) is 11.6 Å². The van der Waals surface area contributed by atoms with Gasteiger partial charge in [-0.05, 0) is 57.3 Å². The Kier molecular flexibility index (Phi) is 5.09. The van der Waals surface area contributed by atoms with Gasteiger partial charge in [0.2, 0.25) is 5.91 Å². The molecule has 3 fully saturated rings. The summed E-state index contributed by atoms with van der Waals surface area (Å²) in [6.07, 6.45) is 8.84. The SMILES string of the molecule is O=C(C1CCCCC1)N(c1ccccc1)C1COC2(CCNCC2)C1. The number of amides is 1. The molecule has 2 aliphatic heterocycles. The van der Waals surface area contributed by atoms with Crippen molar-refractivity contribution in [3.63, 3.8) is 0 Å². The quantitative estimate of drug-likeness (QED) is 0.914. The van der Waals surface area contributed by atoms with E-state index < -0.39 is 0 Å². The van der Waals surface area contributed by atoms with Crippen LogP contribution in [0.3, 0.4) is 0 Å². The largest absolute Gasteiger partial charge is 0.373 e. The molecule has 1 saturated carbocycles. The number of hydrogen-bond acceptors (Lipinski definition) is 3. The van der Waals surface area contributed by atoms with Gasteiger partial charge >= 0.3 is 0 Å². The monoisotopic (exact) mass is 342 g/mol. The minimum atomic E-state index is -0.0181. The zero-order valence-electron chi connectivity index (χ0n) is 15.1. The first-order valence-electron chi connectivity index (χ1n) is 10.0. The van der Waals surface area contributed by atoms with Crippen molar-refractivity contribution in [3.05, 3.63) is 30.3 Å². The van der Waals surface area contributed by atoms with Crippen LogP contribution in [0.2, 0.25) is 0 Å². The van der Waals surface area contributed by atoms with Gasteiger partial charge in [0.05, 0.1) is 18.2 Å².